The van der Waals surface area contributed by atoms with E-state index in [9.17, 15) is 13.5 Å². The molecule has 0 atom stereocenters. The highest BCUT2D eigenvalue weighted by Crippen LogP contribution is 2.23. The van der Waals surface area contributed by atoms with Crippen LogP contribution in [-0.2, 0) is 27.9 Å². The van der Waals surface area contributed by atoms with Gasteiger partial charge in [-0.15, -0.1) is 0 Å². The zero-order valence-corrected chi connectivity index (χ0v) is 12.8. The van der Waals surface area contributed by atoms with Crippen LogP contribution in [0.2, 0.25) is 0 Å². The topological polar surface area (TPSA) is 71.8 Å². The Hall–Kier alpha value is -0.890. The average Bonchev–Trinajstić information content (AvgIpc) is 2.91. The molecule has 0 saturated carbocycles. The molecule has 0 unspecified atom stereocenters. The highest BCUT2D eigenvalue weighted by Gasteiger charge is 2.30. The Morgan fingerprint density at radius 1 is 1.45 bits per heavy atom. The first-order chi connectivity index (χ1) is 9.50. The van der Waals surface area contributed by atoms with Crippen molar-refractivity contribution in [2.24, 2.45) is 0 Å². The lowest BCUT2D eigenvalue weighted by Crippen LogP contribution is -2.40. The summed E-state index contributed by atoms with van der Waals surface area (Å²) in [6.45, 7) is 3.58. The minimum atomic E-state index is -3.51. The summed E-state index contributed by atoms with van der Waals surface area (Å²) in [6.07, 6.45) is 3.03. The van der Waals surface area contributed by atoms with Crippen LogP contribution in [0.4, 0.5) is 0 Å². The average molecular weight is 302 g/mol. The van der Waals surface area contributed by atoms with E-state index in [4.69, 9.17) is 4.74 Å². The maximum absolute atomic E-state index is 12.6. The van der Waals surface area contributed by atoms with Crippen molar-refractivity contribution in [2.45, 2.75) is 43.9 Å². The molecule has 0 amide bonds. The molecule has 2 rings (SSSR count). The number of hydrogen-bond acceptors (Lipinski definition) is 4. The molecule has 1 fully saturated rings. The van der Waals surface area contributed by atoms with Crippen molar-refractivity contribution in [3.63, 3.8) is 0 Å². The predicted molar refractivity (Wildman–Crippen MR) is 74.8 cm³/mol. The molecule has 114 valence electrons. The van der Waals surface area contributed by atoms with Gasteiger partial charge in [-0.2, -0.15) is 4.31 Å². The fourth-order valence-corrected chi connectivity index (χ4v) is 3.99. The molecule has 6 nitrogen and oxygen atoms in total. The first kappa shape index (κ1) is 15.5. The molecule has 1 aromatic heterocycles. The van der Waals surface area contributed by atoms with Crippen LogP contribution in [0.15, 0.2) is 17.2 Å². The molecule has 0 aromatic carbocycles. The van der Waals surface area contributed by atoms with Gasteiger partial charge in [-0.25, -0.2) is 8.42 Å². The summed E-state index contributed by atoms with van der Waals surface area (Å²) in [5, 5.41) is 9.27. The Morgan fingerprint density at radius 3 is 2.60 bits per heavy atom. The maximum atomic E-state index is 12.6. The van der Waals surface area contributed by atoms with Gasteiger partial charge in [0, 0.05) is 44.7 Å². The van der Waals surface area contributed by atoms with Crippen molar-refractivity contribution >= 4 is 10.0 Å². The number of nitrogens with zero attached hydrogens (tertiary/aromatic N) is 2. The van der Waals surface area contributed by atoms with E-state index in [0.717, 1.165) is 12.8 Å². The van der Waals surface area contributed by atoms with Crippen molar-refractivity contribution in [3.8, 4) is 0 Å². The van der Waals surface area contributed by atoms with Gasteiger partial charge in [-0.1, -0.05) is 0 Å². The van der Waals surface area contributed by atoms with E-state index < -0.39 is 10.0 Å². The molecule has 1 aliphatic rings. The summed E-state index contributed by atoms with van der Waals surface area (Å²) >= 11 is 0. The Kier molecular flexibility index (Phi) is 4.85. The van der Waals surface area contributed by atoms with Gasteiger partial charge in [0.2, 0.25) is 10.0 Å². The maximum Gasteiger partial charge on any atom is 0.244 e. The van der Waals surface area contributed by atoms with E-state index in [1.54, 1.807) is 23.9 Å². The molecule has 1 aromatic rings. The van der Waals surface area contributed by atoms with Gasteiger partial charge < -0.3 is 14.4 Å². The van der Waals surface area contributed by atoms with Crippen LogP contribution in [0.1, 0.15) is 25.5 Å². The molecule has 20 heavy (non-hydrogen) atoms. The SMILES string of the molecule is CCn1cc(S(=O)(=O)N(C)C2CCOCC2)cc1CO. The first-order valence-corrected chi connectivity index (χ1v) is 8.30. The molecule has 1 aliphatic heterocycles. The van der Waals surface area contributed by atoms with Crippen LogP contribution in [0.3, 0.4) is 0 Å². The quantitative estimate of drug-likeness (QED) is 0.873. The van der Waals surface area contributed by atoms with Gasteiger partial charge in [0.05, 0.1) is 6.61 Å². The molecule has 0 spiro atoms. The fourth-order valence-electron chi connectivity index (χ4n) is 2.50. The van der Waals surface area contributed by atoms with Crippen LogP contribution >= 0.6 is 0 Å². The molecule has 2 heterocycles. The van der Waals surface area contributed by atoms with Gasteiger partial charge in [0.1, 0.15) is 4.90 Å². The van der Waals surface area contributed by atoms with Gasteiger partial charge in [-0.3, -0.25) is 0 Å². The predicted octanol–water partition coefficient (Wildman–Crippen LogP) is 0.800. The van der Waals surface area contributed by atoms with Crippen molar-refractivity contribution in [3.05, 3.63) is 18.0 Å². The molecule has 0 aliphatic carbocycles. The van der Waals surface area contributed by atoms with Crippen molar-refractivity contribution in [1.82, 2.24) is 8.87 Å². The van der Waals surface area contributed by atoms with Crippen LogP contribution in [0.25, 0.3) is 0 Å². The van der Waals surface area contributed by atoms with E-state index in [1.165, 1.54) is 4.31 Å². The molecule has 1 N–H and O–H groups in total. The Balaban J connectivity index is 2.26. The van der Waals surface area contributed by atoms with Gasteiger partial charge in [0.15, 0.2) is 0 Å². The lowest BCUT2D eigenvalue weighted by atomic mass is 10.1. The first-order valence-electron chi connectivity index (χ1n) is 6.86. The second-order valence-electron chi connectivity index (χ2n) is 4.98. The number of aryl methyl sites for hydroxylation is 1. The third-order valence-corrected chi connectivity index (χ3v) is 5.72. The van der Waals surface area contributed by atoms with Crippen molar-refractivity contribution in [1.29, 1.82) is 0 Å². The zero-order chi connectivity index (χ0) is 14.8. The standard InChI is InChI=1S/C13H22N2O4S/c1-3-15-9-13(8-12(15)10-16)20(17,18)14(2)11-4-6-19-7-5-11/h8-9,11,16H,3-7,10H2,1-2H3. The molecular weight excluding hydrogens is 280 g/mol. The summed E-state index contributed by atoms with van der Waals surface area (Å²) < 4.78 is 33.7. The second-order valence-corrected chi connectivity index (χ2v) is 6.97. The van der Waals surface area contributed by atoms with Gasteiger partial charge in [-0.05, 0) is 25.8 Å². The number of aromatic nitrogens is 1. The normalized spacial score (nSPS) is 17.8. The number of aliphatic hydroxyl groups is 1. The minimum Gasteiger partial charge on any atom is -0.390 e. The number of hydrogen-bond donors (Lipinski definition) is 1. The highest BCUT2D eigenvalue weighted by atomic mass is 32.2. The number of rotatable bonds is 5. The molecule has 0 radical (unpaired) electrons. The summed E-state index contributed by atoms with van der Waals surface area (Å²) in [6, 6.07) is 1.53. The Morgan fingerprint density at radius 2 is 2.10 bits per heavy atom. The molecule has 7 heteroatoms. The second kappa shape index (κ2) is 6.26. The minimum absolute atomic E-state index is 0.0173. The third kappa shape index (κ3) is 2.90. The van der Waals surface area contributed by atoms with E-state index in [0.29, 0.717) is 25.5 Å². The van der Waals surface area contributed by atoms with Crippen LogP contribution in [0, 0.1) is 0 Å². The monoisotopic (exact) mass is 302 g/mol. The smallest absolute Gasteiger partial charge is 0.244 e. The van der Waals surface area contributed by atoms with Crippen molar-refractivity contribution in [2.75, 3.05) is 20.3 Å². The van der Waals surface area contributed by atoms with Gasteiger partial charge in [0.25, 0.3) is 0 Å². The number of ether oxygens (including phenoxy) is 1. The van der Waals surface area contributed by atoms with E-state index >= 15 is 0 Å². The van der Waals surface area contributed by atoms with Crippen LogP contribution < -0.4 is 0 Å². The van der Waals surface area contributed by atoms with Gasteiger partial charge >= 0.3 is 0 Å². The summed E-state index contributed by atoms with van der Waals surface area (Å²) in [5.41, 5.74) is 0.617. The molecule has 1 saturated heterocycles. The van der Waals surface area contributed by atoms with Crippen LogP contribution in [0.5, 0.6) is 0 Å². The van der Waals surface area contributed by atoms with Crippen LogP contribution in [-0.4, -0.2) is 48.7 Å². The summed E-state index contributed by atoms with van der Waals surface area (Å²) in [4.78, 5) is 0.248. The lowest BCUT2D eigenvalue weighted by molar-refractivity contribution is 0.0632. The largest absolute Gasteiger partial charge is 0.390 e. The van der Waals surface area contributed by atoms with E-state index in [-0.39, 0.29) is 17.5 Å². The lowest BCUT2D eigenvalue weighted by Gasteiger charge is -2.30. The van der Waals surface area contributed by atoms with Crippen molar-refractivity contribution < 1.29 is 18.3 Å². The van der Waals surface area contributed by atoms with E-state index in [2.05, 4.69) is 0 Å². The highest BCUT2D eigenvalue weighted by molar-refractivity contribution is 7.89. The van der Waals surface area contributed by atoms with E-state index in [1.807, 2.05) is 6.92 Å². The fraction of sp³-hybridized carbons (Fsp3) is 0.692. The number of sulfonamides is 1. The summed E-state index contributed by atoms with van der Waals surface area (Å²) in [5.74, 6) is 0. The molecule has 0 bridgehead atoms. The Labute approximate surface area is 120 Å². The number of aliphatic hydroxyl groups excluding tert-OH is 1. The zero-order valence-electron chi connectivity index (χ0n) is 11.9. The summed E-state index contributed by atoms with van der Waals surface area (Å²) in [7, 11) is -1.90. The third-order valence-electron chi connectivity index (χ3n) is 3.85. The Bertz CT molecular complexity index is 525. The molecular formula is C13H22N2O4S.